The first-order valence-electron chi connectivity index (χ1n) is 9.98. The van der Waals surface area contributed by atoms with E-state index < -0.39 is 21.9 Å². The summed E-state index contributed by atoms with van der Waals surface area (Å²) in [4.78, 5) is 24.7. The molecule has 0 radical (unpaired) electrons. The number of esters is 1. The molecule has 3 aromatic rings. The SMILES string of the molecule is CCOC(=O)c1cccc(NC(=O)c2ccc(C)c(S(=O)(=O)Nc3ccc(C)cc3)c2)c1. The molecular weight excluding hydrogens is 428 g/mol. The second-order valence-electron chi connectivity index (χ2n) is 7.21. The van der Waals surface area contributed by atoms with E-state index in [4.69, 9.17) is 4.74 Å². The number of nitrogens with one attached hydrogen (secondary N) is 2. The van der Waals surface area contributed by atoms with Crippen LogP contribution >= 0.6 is 0 Å². The van der Waals surface area contributed by atoms with Gasteiger partial charge in [-0.3, -0.25) is 9.52 Å². The van der Waals surface area contributed by atoms with Gasteiger partial charge in [-0.2, -0.15) is 0 Å². The highest BCUT2D eigenvalue weighted by Crippen LogP contribution is 2.22. The van der Waals surface area contributed by atoms with E-state index in [0.717, 1.165) is 5.56 Å². The third kappa shape index (κ3) is 5.53. The maximum atomic E-state index is 12.9. The normalized spacial score (nSPS) is 11.0. The van der Waals surface area contributed by atoms with Crippen LogP contribution in [0.15, 0.2) is 71.6 Å². The van der Waals surface area contributed by atoms with Gasteiger partial charge in [-0.25, -0.2) is 13.2 Å². The molecule has 0 aromatic heterocycles. The van der Waals surface area contributed by atoms with Gasteiger partial charge in [0.25, 0.3) is 15.9 Å². The average molecular weight is 453 g/mol. The molecule has 0 saturated heterocycles. The van der Waals surface area contributed by atoms with Crippen molar-refractivity contribution in [2.45, 2.75) is 25.7 Å². The summed E-state index contributed by atoms with van der Waals surface area (Å²) in [5.74, 6) is -0.993. The molecule has 166 valence electrons. The highest BCUT2D eigenvalue weighted by Gasteiger charge is 2.20. The molecule has 0 fully saturated rings. The molecule has 7 nitrogen and oxygen atoms in total. The third-order valence-corrected chi connectivity index (χ3v) is 6.20. The lowest BCUT2D eigenvalue weighted by Crippen LogP contribution is -2.17. The molecule has 32 heavy (non-hydrogen) atoms. The summed E-state index contributed by atoms with van der Waals surface area (Å²) in [6, 6.07) is 17.8. The molecule has 0 saturated carbocycles. The number of carbonyl (C=O) groups excluding carboxylic acids is 2. The summed E-state index contributed by atoms with van der Waals surface area (Å²) in [5.41, 5.74) is 2.81. The van der Waals surface area contributed by atoms with Crippen molar-refractivity contribution in [2.24, 2.45) is 0 Å². The molecule has 3 rings (SSSR count). The van der Waals surface area contributed by atoms with Crippen LogP contribution in [0.4, 0.5) is 11.4 Å². The largest absolute Gasteiger partial charge is 0.462 e. The lowest BCUT2D eigenvalue weighted by atomic mass is 10.1. The lowest BCUT2D eigenvalue weighted by molar-refractivity contribution is 0.0526. The molecule has 0 aliphatic carbocycles. The van der Waals surface area contributed by atoms with E-state index in [-0.39, 0.29) is 17.1 Å². The minimum atomic E-state index is -3.90. The van der Waals surface area contributed by atoms with Crippen LogP contribution in [-0.2, 0) is 14.8 Å². The summed E-state index contributed by atoms with van der Waals surface area (Å²) in [6.45, 7) is 5.52. The fourth-order valence-electron chi connectivity index (χ4n) is 3.00. The molecule has 0 aliphatic heterocycles. The van der Waals surface area contributed by atoms with Crippen molar-refractivity contribution in [2.75, 3.05) is 16.6 Å². The number of rotatable bonds is 7. The van der Waals surface area contributed by atoms with Gasteiger partial charge in [0.2, 0.25) is 0 Å². The quantitative estimate of drug-likeness (QED) is 0.513. The van der Waals surface area contributed by atoms with Gasteiger partial charge in [0.15, 0.2) is 0 Å². The van der Waals surface area contributed by atoms with Crippen LogP contribution in [0.1, 0.15) is 38.8 Å². The summed E-state index contributed by atoms with van der Waals surface area (Å²) in [7, 11) is -3.90. The smallest absolute Gasteiger partial charge is 0.338 e. The van der Waals surface area contributed by atoms with Crippen molar-refractivity contribution < 1.29 is 22.7 Å². The average Bonchev–Trinajstić information content (AvgIpc) is 2.75. The van der Waals surface area contributed by atoms with Crippen molar-refractivity contribution >= 4 is 33.3 Å². The summed E-state index contributed by atoms with van der Waals surface area (Å²) in [5, 5.41) is 2.69. The fraction of sp³-hybridized carbons (Fsp3) is 0.167. The monoisotopic (exact) mass is 452 g/mol. The van der Waals surface area contributed by atoms with Crippen LogP contribution in [0.3, 0.4) is 0 Å². The Morgan fingerprint density at radius 3 is 2.28 bits per heavy atom. The Hall–Kier alpha value is -3.65. The van der Waals surface area contributed by atoms with Crippen molar-refractivity contribution in [3.63, 3.8) is 0 Å². The second-order valence-corrected chi connectivity index (χ2v) is 8.86. The topological polar surface area (TPSA) is 102 Å². The highest BCUT2D eigenvalue weighted by atomic mass is 32.2. The molecule has 1 amide bonds. The van der Waals surface area contributed by atoms with Crippen molar-refractivity contribution in [1.29, 1.82) is 0 Å². The number of hydrogen-bond acceptors (Lipinski definition) is 5. The number of carbonyl (C=O) groups is 2. The maximum Gasteiger partial charge on any atom is 0.338 e. The molecule has 0 heterocycles. The van der Waals surface area contributed by atoms with E-state index in [9.17, 15) is 18.0 Å². The van der Waals surface area contributed by atoms with Crippen LogP contribution in [0.25, 0.3) is 0 Å². The predicted molar refractivity (Wildman–Crippen MR) is 124 cm³/mol. The van der Waals surface area contributed by atoms with Crippen LogP contribution in [-0.4, -0.2) is 26.9 Å². The van der Waals surface area contributed by atoms with Crippen LogP contribution < -0.4 is 10.0 Å². The van der Waals surface area contributed by atoms with Gasteiger partial charge < -0.3 is 10.1 Å². The first kappa shape index (κ1) is 23.0. The van der Waals surface area contributed by atoms with Gasteiger partial charge in [0, 0.05) is 16.9 Å². The first-order chi connectivity index (χ1) is 15.2. The molecule has 2 N–H and O–H groups in total. The maximum absolute atomic E-state index is 12.9. The Morgan fingerprint density at radius 1 is 0.875 bits per heavy atom. The number of benzene rings is 3. The number of sulfonamides is 1. The number of aryl methyl sites for hydroxylation is 2. The van der Waals surface area contributed by atoms with Gasteiger partial charge in [-0.1, -0.05) is 29.8 Å². The molecule has 0 spiro atoms. The lowest BCUT2D eigenvalue weighted by Gasteiger charge is -2.13. The molecule has 0 aliphatic rings. The zero-order valence-electron chi connectivity index (χ0n) is 18.0. The van der Waals surface area contributed by atoms with Crippen LogP contribution in [0.2, 0.25) is 0 Å². The Kier molecular flexibility index (Phi) is 6.95. The van der Waals surface area contributed by atoms with E-state index >= 15 is 0 Å². The zero-order valence-corrected chi connectivity index (χ0v) is 18.8. The second kappa shape index (κ2) is 9.65. The Labute approximate surface area is 187 Å². The van der Waals surface area contributed by atoms with Crippen LogP contribution in [0, 0.1) is 13.8 Å². The minimum Gasteiger partial charge on any atom is -0.462 e. The van der Waals surface area contributed by atoms with E-state index in [1.54, 1.807) is 68.4 Å². The molecule has 0 bridgehead atoms. The summed E-state index contributed by atoms with van der Waals surface area (Å²) >= 11 is 0. The van der Waals surface area contributed by atoms with Crippen molar-refractivity contribution in [1.82, 2.24) is 0 Å². The zero-order chi connectivity index (χ0) is 23.3. The van der Waals surface area contributed by atoms with Crippen LogP contribution in [0.5, 0.6) is 0 Å². The Balaban J connectivity index is 1.83. The van der Waals surface area contributed by atoms with Gasteiger partial charge in [-0.15, -0.1) is 0 Å². The van der Waals surface area contributed by atoms with Gasteiger partial charge >= 0.3 is 5.97 Å². The number of ether oxygens (including phenoxy) is 1. The number of anilines is 2. The van der Waals surface area contributed by atoms with Gasteiger partial charge in [-0.05, 0) is 68.8 Å². The van der Waals surface area contributed by atoms with Crippen molar-refractivity contribution in [3.8, 4) is 0 Å². The molecule has 0 atom stereocenters. The molecule has 3 aromatic carbocycles. The van der Waals surface area contributed by atoms with Gasteiger partial charge in [0.1, 0.15) is 0 Å². The van der Waals surface area contributed by atoms with Crippen molar-refractivity contribution in [3.05, 3.63) is 89.0 Å². The van der Waals surface area contributed by atoms with E-state index in [0.29, 0.717) is 22.5 Å². The van der Waals surface area contributed by atoms with E-state index in [1.807, 2.05) is 6.92 Å². The van der Waals surface area contributed by atoms with E-state index in [1.165, 1.54) is 12.1 Å². The first-order valence-corrected chi connectivity index (χ1v) is 11.5. The fourth-order valence-corrected chi connectivity index (χ4v) is 4.33. The molecule has 8 heteroatoms. The number of amides is 1. The van der Waals surface area contributed by atoms with E-state index in [2.05, 4.69) is 10.0 Å². The summed E-state index contributed by atoms with van der Waals surface area (Å²) < 4.78 is 33.4. The van der Waals surface area contributed by atoms with Gasteiger partial charge in [0.05, 0.1) is 17.1 Å². The molecule has 0 unspecified atom stereocenters. The Bertz CT molecular complexity index is 1250. The number of hydrogen-bond donors (Lipinski definition) is 2. The predicted octanol–water partition coefficient (Wildman–Crippen LogP) is 4.53. The minimum absolute atomic E-state index is 0.00555. The third-order valence-electron chi connectivity index (χ3n) is 4.68. The Morgan fingerprint density at radius 2 is 1.59 bits per heavy atom. The standard InChI is InChI=1S/C24H24N2O5S/c1-4-31-24(28)19-6-5-7-21(14-19)25-23(27)18-11-10-17(3)22(15-18)32(29,30)26-20-12-8-16(2)9-13-20/h5-15,26H,4H2,1-3H3,(H,25,27). The highest BCUT2D eigenvalue weighted by molar-refractivity contribution is 7.92. The summed E-state index contributed by atoms with van der Waals surface area (Å²) in [6.07, 6.45) is 0. The molecular formula is C24H24N2O5S.